The topological polar surface area (TPSA) is 50.2 Å². The van der Waals surface area contributed by atoms with E-state index in [0.717, 1.165) is 30.4 Å². The number of aliphatic imine (C=N–C) groups is 1. The molecule has 0 spiro atoms. The Labute approximate surface area is 83.5 Å². The zero-order chi connectivity index (χ0) is 9.97. The molecule has 0 fully saturated rings. The number of aromatic nitrogens is 2. The highest BCUT2D eigenvalue weighted by Gasteiger charge is 2.11. The molecule has 1 N–H and O–H groups in total. The van der Waals surface area contributed by atoms with Gasteiger partial charge in [0.15, 0.2) is 0 Å². The molecule has 0 unspecified atom stereocenters. The van der Waals surface area contributed by atoms with Crippen molar-refractivity contribution in [2.24, 2.45) is 4.99 Å². The molecule has 1 aliphatic rings. The molecule has 1 aromatic heterocycles. The average Bonchev–Trinajstić information content (AvgIpc) is 2.71. The van der Waals surface area contributed by atoms with Crippen molar-refractivity contribution in [1.82, 2.24) is 15.3 Å². The molecule has 0 aliphatic carbocycles. The molecule has 0 bridgehead atoms. The van der Waals surface area contributed by atoms with Gasteiger partial charge in [0.2, 0.25) is 0 Å². The van der Waals surface area contributed by atoms with E-state index in [4.69, 9.17) is 0 Å². The third-order valence-corrected chi connectivity index (χ3v) is 2.11. The first-order chi connectivity index (χ1) is 6.77. The lowest BCUT2D eigenvalue weighted by atomic mass is 10.2. The second-order valence-electron chi connectivity index (χ2n) is 3.61. The van der Waals surface area contributed by atoms with Crippen molar-refractivity contribution in [3.63, 3.8) is 0 Å². The number of hydrogen-bond donors (Lipinski definition) is 1. The minimum atomic E-state index is 0.358. The fourth-order valence-electron chi connectivity index (χ4n) is 1.35. The van der Waals surface area contributed by atoms with E-state index >= 15 is 0 Å². The zero-order valence-corrected chi connectivity index (χ0v) is 8.49. The van der Waals surface area contributed by atoms with E-state index in [-0.39, 0.29) is 0 Å². The Morgan fingerprint density at radius 1 is 1.43 bits per heavy atom. The zero-order valence-electron chi connectivity index (χ0n) is 8.49. The third-order valence-electron chi connectivity index (χ3n) is 2.11. The molecule has 4 nitrogen and oxygen atoms in total. The van der Waals surface area contributed by atoms with E-state index in [2.05, 4.69) is 34.1 Å². The van der Waals surface area contributed by atoms with E-state index in [1.54, 1.807) is 6.20 Å². The van der Waals surface area contributed by atoms with Crippen LogP contribution in [0.1, 0.15) is 31.3 Å². The fraction of sp³-hybridized carbons (Fsp3) is 0.500. The predicted octanol–water partition coefficient (Wildman–Crippen LogP) is 0.950. The lowest BCUT2D eigenvalue weighted by Gasteiger charge is -2.05. The molecule has 0 saturated carbocycles. The summed E-state index contributed by atoms with van der Waals surface area (Å²) < 4.78 is 0. The van der Waals surface area contributed by atoms with Crippen LogP contribution in [-0.4, -0.2) is 28.9 Å². The number of amidine groups is 1. The molecule has 0 radical (unpaired) electrons. The van der Waals surface area contributed by atoms with Gasteiger partial charge in [-0.3, -0.25) is 4.99 Å². The standard InChI is InChI=1S/C10H14N4/c1-7(2)9-11-4-3-8(14-9)10-12-5-6-13-10/h3-4,7H,5-6H2,1-2H3,(H,12,13). The van der Waals surface area contributed by atoms with Gasteiger partial charge in [-0.2, -0.15) is 0 Å². The summed E-state index contributed by atoms with van der Waals surface area (Å²) >= 11 is 0. The summed E-state index contributed by atoms with van der Waals surface area (Å²) in [7, 11) is 0. The van der Waals surface area contributed by atoms with Gasteiger partial charge in [-0.15, -0.1) is 0 Å². The minimum absolute atomic E-state index is 0.358. The van der Waals surface area contributed by atoms with Gasteiger partial charge < -0.3 is 5.32 Å². The lowest BCUT2D eigenvalue weighted by molar-refractivity contribution is 0.771. The quantitative estimate of drug-likeness (QED) is 0.755. The molecule has 2 rings (SSSR count). The number of rotatable bonds is 2. The summed E-state index contributed by atoms with van der Waals surface area (Å²) in [5.41, 5.74) is 0.904. The number of nitrogens with zero attached hydrogens (tertiary/aromatic N) is 3. The SMILES string of the molecule is CC(C)c1nccc(C2=NCCN2)n1. The maximum atomic E-state index is 4.45. The highest BCUT2D eigenvalue weighted by molar-refractivity contribution is 5.97. The summed E-state index contributed by atoms with van der Waals surface area (Å²) in [6.45, 7) is 5.93. The Kier molecular flexibility index (Phi) is 2.43. The van der Waals surface area contributed by atoms with Gasteiger partial charge in [0.1, 0.15) is 17.4 Å². The highest BCUT2D eigenvalue weighted by atomic mass is 15.1. The number of hydrogen-bond acceptors (Lipinski definition) is 4. The largest absolute Gasteiger partial charge is 0.367 e. The molecule has 2 heterocycles. The maximum absolute atomic E-state index is 4.45. The average molecular weight is 190 g/mol. The summed E-state index contributed by atoms with van der Waals surface area (Å²) in [4.78, 5) is 13.0. The van der Waals surface area contributed by atoms with E-state index in [9.17, 15) is 0 Å². The van der Waals surface area contributed by atoms with Crippen LogP contribution in [0.15, 0.2) is 17.3 Å². The third kappa shape index (κ3) is 1.73. The summed E-state index contributed by atoms with van der Waals surface area (Å²) in [6, 6.07) is 1.89. The second kappa shape index (κ2) is 3.74. The Hall–Kier alpha value is -1.45. The van der Waals surface area contributed by atoms with Crippen LogP contribution in [0.3, 0.4) is 0 Å². The molecule has 0 aromatic carbocycles. The van der Waals surface area contributed by atoms with Crippen molar-refractivity contribution >= 4 is 5.84 Å². The maximum Gasteiger partial charge on any atom is 0.147 e. The van der Waals surface area contributed by atoms with Crippen molar-refractivity contribution in [2.75, 3.05) is 13.1 Å². The van der Waals surface area contributed by atoms with Crippen LogP contribution >= 0.6 is 0 Å². The summed E-state index contributed by atoms with van der Waals surface area (Å²) in [6.07, 6.45) is 1.79. The summed E-state index contributed by atoms with van der Waals surface area (Å²) in [5.74, 6) is 2.13. The molecule has 0 atom stereocenters. The lowest BCUT2D eigenvalue weighted by Crippen LogP contribution is -2.21. The first-order valence-electron chi connectivity index (χ1n) is 4.89. The van der Waals surface area contributed by atoms with Crippen LogP contribution in [0.4, 0.5) is 0 Å². The van der Waals surface area contributed by atoms with Crippen LogP contribution in [-0.2, 0) is 0 Å². The molecule has 14 heavy (non-hydrogen) atoms. The second-order valence-corrected chi connectivity index (χ2v) is 3.61. The Morgan fingerprint density at radius 2 is 2.29 bits per heavy atom. The Morgan fingerprint density at radius 3 is 2.93 bits per heavy atom. The van der Waals surface area contributed by atoms with Crippen molar-refractivity contribution in [3.8, 4) is 0 Å². The predicted molar refractivity (Wildman–Crippen MR) is 55.5 cm³/mol. The van der Waals surface area contributed by atoms with Crippen molar-refractivity contribution in [2.45, 2.75) is 19.8 Å². The Bertz CT molecular complexity index is 357. The van der Waals surface area contributed by atoms with E-state index in [1.165, 1.54) is 0 Å². The molecule has 0 saturated heterocycles. The molecular formula is C10H14N4. The van der Waals surface area contributed by atoms with Crippen molar-refractivity contribution < 1.29 is 0 Å². The highest BCUT2D eigenvalue weighted by Crippen LogP contribution is 2.08. The first-order valence-corrected chi connectivity index (χ1v) is 4.89. The molecule has 1 aromatic rings. The van der Waals surface area contributed by atoms with Crippen molar-refractivity contribution in [3.05, 3.63) is 23.8 Å². The fourth-order valence-corrected chi connectivity index (χ4v) is 1.35. The van der Waals surface area contributed by atoms with Crippen LogP contribution in [0, 0.1) is 0 Å². The van der Waals surface area contributed by atoms with Crippen molar-refractivity contribution in [1.29, 1.82) is 0 Å². The van der Waals surface area contributed by atoms with Crippen LogP contribution in [0.2, 0.25) is 0 Å². The van der Waals surface area contributed by atoms with Gasteiger partial charge in [-0.05, 0) is 6.07 Å². The van der Waals surface area contributed by atoms with Gasteiger partial charge in [-0.1, -0.05) is 13.8 Å². The molecular weight excluding hydrogens is 176 g/mol. The van der Waals surface area contributed by atoms with Crippen LogP contribution < -0.4 is 5.32 Å². The van der Waals surface area contributed by atoms with Gasteiger partial charge in [0.25, 0.3) is 0 Å². The first kappa shape index (κ1) is 9.12. The van der Waals surface area contributed by atoms with E-state index < -0.39 is 0 Å². The molecule has 1 aliphatic heterocycles. The van der Waals surface area contributed by atoms with E-state index in [1.807, 2.05) is 6.07 Å². The molecule has 4 heteroatoms. The molecule has 74 valence electrons. The minimum Gasteiger partial charge on any atom is -0.367 e. The van der Waals surface area contributed by atoms with Crippen LogP contribution in [0.5, 0.6) is 0 Å². The van der Waals surface area contributed by atoms with Gasteiger partial charge in [-0.25, -0.2) is 9.97 Å². The van der Waals surface area contributed by atoms with Gasteiger partial charge >= 0.3 is 0 Å². The monoisotopic (exact) mass is 190 g/mol. The molecule has 0 amide bonds. The van der Waals surface area contributed by atoms with Crippen LogP contribution in [0.25, 0.3) is 0 Å². The van der Waals surface area contributed by atoms with Gasteiger partial charge in [0.05, 0.1) is 6.54 Å². The normalized spacial score (nSPS) is 15.5. The van der Waals surface area contributed by atoms with E-state index in [0.29, 0.717) is 5.92 Å². The van der Waals surface area contributed by atoms with Gasteiger partial charge in [0, 0.05) is 18.7 Å². The smallest absolute Gasteiger partial charge is 0.147 e. The number of nitrogens with one attached hydrogen (secondary N) is 1. The Balaban J connectivity index is 2.30. The summed E-state index contributed by atoms with van der Waals surface area (Å²) in [5, 5.41) is 3.20.